The van der Waals surface area contributed by atoms with Gasteiger partial charge in [-0.15, -0.1) is 0 Å². The first-order valence-electron chi connectivity index (χ1n) is 12.6. The molecule has 4 rings (SSSR count). The Hall–Kier alpha value is -3.50. The van der Waals surface area contributed by atoms with Gasteiger partial charge >= 0.3 is 0 Å². The van der Waals surface area contributed by atoms with Crippen molar-refractivity contribution in [2.45, 2.75) is 52.4 Å². The first-order valence-corrected chi connectivity index (χ1v) is 12.6. The SMILES string of the molecule is CC(=O)N1CCN(c2nc(N[C@H](C)c3ccc(OC(CF)CF)cc3)c3c(n2)C(=O)N(C(C)C)C3)CC1. The molecule has 0 bridgehead atoms. The summed E-state index contributed by atoms with van der Waals surface area (Å²) < 4.78 is 30.9. The van der Waals surface area contributed by atoms with Crippen LogP contribution in [0.3, 0.4) is 0 Å². The number of carbonyl (C=O) groups excluding carboxylic acids is 2. The second kappa shape index (κ2) is 11.3. The summed E-state index contributed by atoms with van der Waals surface area (Å²) in [7, 11) is 0. The highest BCUT2D eigenvalue weighted by Crippen LogP contribution is 2.33. The van der Waals surface area contributed by atoms with Gasteiger partial charge in [-0.1, -0.05) is 12.1 Å². The summed E-state index contributed by atoms with van der Waals surface area (Å²) in [6.07, 6.45) is -1.11. The number of nitrogens with zero attached hydrogens (tertiary/aromatic N) is 5. The summed E-state index contributed by atoms with van der Waals surface area (Å²) >= 11 is 0. The lowest BCUT2D eigenvalue weighted by Crippen LogP contribution is -2.48. The van der Waals surface area contributed by atoms with E-state index in [2.05, 4.69) is 10.3 Å². The molecular weight excluding hydrogens is 482 g/mol. The fraction of sp³-hybridized carbons (Fsp3) is 0.538. The van der Waals surface area contributed by atoms with Crippen LogP contribution in [0.5, 0.6) is 5.75 Å². The maximum atomic E-state index is 13.2. The summed E-state index contributed by atoms with van der Waals surface area (Å²) in [5, 5.41) is 3.45. The Morgan fingerprint density at radius 1 is 1.05 bits per heavy atom. The third-order valence-electron chi connectivity index (χ3n) is 6.80. The van der Waals surface area contributed by atoms with Crippen molar-refractivity contribution in [2.24, 2.45) is 0 Å². The molecule has 1 aromatic heterocycles. The van der Waals surface area contributed by atoms with Crippen LogP contribution in [-0.4, -0.2) is 83.3 Å². The molecule has 200 valence electrons. The largest absolute Gasteiger partial charge is 0.485 e. The number of hydrogen-bond donors (Lipinski definition) is 1. The molecule has 0 spiro atoms. The molecule has 2 amide bonds. The van der Waals surface area contributed by atoms with E-state index in [1.165, 1.54) is 0 Å². The van der Waals surface area contributed by atoms with Crippen molar-refractivity contribution in [1.82, 2.24) is 19.8 Å². The predicted molar refractivity (Wildman–Crippen MR) is 136 cm³/mol. The Labute approximate surface area is 215 Å². The van der Waals surface area contributed by atoms with E-state index in [-0.39, 0.29) is 23.9 Å². The quantitative estimate of drug-likeness (QED) is 0.547. The highest BCUT2D eigenvalue weighted by Gasteiger charge is 2.35. The van der Waals surface area contributed by atoms with Gasteiger partial charge in [-0.2, -0.15) is 4.98 Å². The number of carbonyl (C=O) groups is 2. The highest BCUT2D eigenvalue weighted by molar-refractivity contribution is 5.98. The van der Waals surface area contributed by atoms with Crippen LogP contribution in [0.25, 0.3) is 0 Å². The van der Waals surface area contributed by atoms with E-state index in [0.29, 0.717) is 55.9 Å². The zero-order valence-electron chi connectivity index (χ0n) is 21.7. The maximum Gasteiger partial charge on any atom is 0.273 e. The van der Waals surface area contributed by atoms with Gasteiger partial charge in [0.1, 0.15) is 30.6 Å². The summed E-state index contributed by atoms with van der Waals surface area (Å²) in [4.78, 5) is 39.9. The molecule has 1 atom stereocenters. The van der Waals surface area contributed by atoms with Gasteiger partial charge in [0.2, 0.25) is 11.9 Å². The van der Waals surface area contributed by atoms with Crippen LogP contribution in [-0.2, 0) is 11.3 Å². The molecule has 1 saturated heterocycles. The number of ether oxygens (including phenoxy) is 1. The molecule has 0 radical (unpaired) electrons. The third-order valence-corrected chi connectivity index (χ3v) is 6.80. The van der Waals surface area contributed by atoms with E-state index < -0.39 is 19.5 Å². The number of aromatic nitrogens is 2. The maximum absolute atomic E-state index is 13.2. The highest BCUT2D eigenvalue weighted by atomic mass is 19.1. The monoisotopic (exact) mass is 516 g/mol. The molecule has 1 fully saturated rings. The second-order valence-electron chi connectivity index (χ2n) is 9.70. The smallest absolute Gasteiger partial charge is 0.273 e. The molecule has 0 unspecified atom stereocenters. The van der Waals surface area contributed by atoms with Crippen molar-refractivity contribution in [2.75, 3.05) is 49.7 Å². The molecule has 37 heavy (non-hydrogen) atoms. The summed E-state index contributed by atoms with van der Waals surface area (Å²) in [6.45, 7) is 8.39. The van der Waals surface area contributed by atoms with Crippen LogP contribution >= 0.6 is 0 Å². The van der Waals surface area contributed by atoms with Crippen molar-refractivity contribution in [1.29, 1.82) is 0 Å². The van der Waals surface area contributed by atoms with Gasteiger partial charge < -0.3 is 24.8 Å². The molecule has 2 aliphatic heterocycles. The predicted octanol–water partition coefficient (Wildman–Crippen LogP) is 3.37. The molecule has 0 saturated carbocycles. The third kappa shape index (κ3) is 5.75. The minimum absolute atomic E-state index is 0.0135. The number of piperazine rings is 1. The van der Waals surface area contributed by atoms with Crippen molar-refractivity contribution in [3.63, 3.8) is 0 Å². The minimum atomic E-state index is -1.11. The molecular formula is C26H34F2N6O3. The second-order valence-corrected chi connectivity index (χ2v) is 9.70. The normalized spacial score (nSPS) is 16.4. The Morgan fingerprint density at radius 3 is 2.27 bits per heavy atom. The zero-order chi connectivity index (χ0) is 26.7. The van der Waals surface area contributed by atoms with Crippen LogP contribution in [0.1, 0.15) is 55.4 Å². The number of hydrogen-bond acceptors (Lipinski definition) is 7. The summed E-state index contributed by atoms with van der Waals surface area (Å²) in [5.74, 6) is 1.36. The first kappa shape index (κ1) is 26.6. The van der Waals surface area contributed by atoms with Crippen LogP contribution in [0.2, 0.25) is 0 Å². The molecule has 2 aromatic rings. The van der Waals surface area contributed by atoms with Crippen LogP contribution in [0, 0.1) is 0 Å². The Bertz CT molecular complexity index is 1120. The van der Waals surface area contributed by atoms with Gasteiger partial charge in [-0.25, -0.2) is 13.8 Å². The fourth-order valence-electron chi connectivity index (χ4n) is 4.50. The van der Waals surface area contributed by atoms with Crippen molar-refractivity contribution >= 4 is 23.6 Å². The van der Waals surface area contributed by atoms with Gasteiger partial charge in [-0.3, -0.25) is 9.59 Å². The van der Waals surface area contributed by atoms with Gasteiger partial charge in [0.15, 0.2) is 6.10 Å². The lowest BCUT2D eigenvalue weighted by Gasteiger charge is -2.34. The molecule has 1 N–H and O–H groups in total. The number of nitrogens with one attached hydrogen (secondary N) is 1. The van der Waals surface area contributed by atoms with Crippen molar-refractivity contribution in [3.05, 3.63) is 41.1 Å². The van der Waals surface area contributed by atoms with E-state index in [9.17, 15) is 18.4 Å². The minimum Gasteiger partial charge on any atom is -0.485 e. The molecule has 11 heteroatoms. The van der Waals surface area contributed by atoms with Crippen LogP contribution in [0.15, 0.2) is 24.3 Å². The lowest BCUT2D eigenvalue weighted by atomic mass is 10.1. The topological polar surface area (TPSA) is 90.9 Å². The van der Waals surface area contributed by atoms with E-state index >= 15 is 0 Å². The Morgan fingerprint density at radius 2 is 1.70 bits per heavy atom. The number of rotatable bonds is 9. The first-order chi connectivity index (χ1) is 17.7. The number of amides is 2. The summed E-state index contributed by atoms with van der Waals surface area (Å²) in [6, 6.07) is 6.85. The molecule has 9 nitrogen and oxygen atoms in total. The van der Waals surface area contributed by atoms with Gasteiger partial charge in [0, 0.05) is 50.7 Å². The Kier molecular flexibility index (Phi) is 8.09. The fourth-order valence-corrected chi connectivity index (χ4v) is 4.50. The number of halogens is 2. The average molecular weight is 517 g/mol. The standard InChI is InChI=1S/C26H34F2N6O3/c1-16(2)34-15-22-23(25(34)36)30-26(33-11-9-32(10-12-33)18(4)35)31-24(22)29-17(3)19-5-7-20(8-6-19)37-21(13-27)14-28/h5-8,16-17,21H,9-15H2,1-4H3,(H,29,30,31)/t17-/m1/s1. The van der Waals surface area contributed by atoms with Crippen LogP contribution in [0.4, 0.5) is 20.5 Å². The number of fused-ring (bicyclic) bond motifs is 1. The lowest BCUT2D eigenvalue weighted by molar-refractivity contribution is -0.129. The van der Waals surface area contributed by atoms with Gasteiger partial charge in [0.05, 0.1) is 6.54 Å². The average Bonchev–Trinajstić information content (AvgIpc) is 3.24. The van der Waals surface area contributed by atoms with E-state index in [4.69, 9.17) is 9.72 Å². The van der Waals surface area contributed by atoms with Gasteiger partial charge in [0.25, 0.3) is 5.91 Å². The summed E-state index contributed by atoms with van der Waals surface area (Å²) in [5.41, 5.74) is 2.07. The molecule has 3 heterocycles. The van der Waals surface area contributed by atoms with E-state index in [0.717, 1.165) is 11.1 Å². The van der Waals surface area contributed by atoms with Crippen molar-refractivity contribution in [3.8, 4) is 5.75 Å². The molecule has 0 aliphatic carbocycles. The van der Waals surface area contributed by atoms with Gasteiger partial charge in [-0.05, 0) is 38.5 Å². The number of benzene rings is 1. The molecule has 1 aromatic carbocycles. The Balaban J connectivity index is 1.58. The van der Waals surface area contributed by atoms with E-state index in [1.54, 1.807) is 28.9 Å². The zero-order valence-corrected chi connectivity index (χ0v) is 21.7. The van der Waals surface area contributed by atoms with Crippen LogP contribution < -0.4 is 15.0 Å². The molecule has 2 aliphatic rings. The number of anilines is 2. The van der Waals surface area contributed by atoms with Crippen molar-refractivity contribution < 1.29 is 23.1 Å². The van der Waals surface area contributed by atoms with E-state index in [1.807, 2.05) is 37.8 Å². The number of alkyl halides is 2.